The van der Waals surface area contributed by atoms with Gasteiger partial charge in [0.25, 0.3) is 15.9 Å². The molecular weight excluding hydrogens is 386 g/mol. The summed E-state index contributed by atoms with van der Waals surface area (Å²) in [5.41, 5.74) is 1.55. The van der Waals surface area contributed by atoms with Crippen molar-refractivity contribution in [1.82, 2.24) is 0 Å². The lowest BCUT2D eigenvalue weighted by atomic mass is 10.2. The first-order valence-electron chi connectivity index (χ1n) is 8.20. The Hall–Kier alpha value is -3.26. The zero-order valence-electron chi connectivity index (χ0n) is 14.7. The van der Waals surface area contributed by atoms with Crippen LogP contribution in [-0.4, -0.2) is 14.3 Å². The van der Waals surface area contributed by atoms with Crippen molar-refractivity contribution in [2.24, 2.45) is 0 Å². The largest absolute Gasteiger partial charge is 0.322 e. The van der Waals surface area contributed by atoms with Crippen molar-refractivity contribution < 1.29 is 22.0 Å². The van der Waals surface area contributed by atoms with Crippen LogP contribution in [0.3, 0.4) is 0 Å². The highest BCUT2D eigenvalue weighted by Crippen LogP contribution is 2.18. The van der Waals surface area contributed by atoms with Crippen molar-refractivity contribution in [2.75, 3.05) is 10.0 Å². The van der Waals surface area contributed by atoms with E-state index in [2.05, 4.69) is 10.0 Å². The highest BCUT2D eigenvalue weighted by Gasteiger charge is 2.14. The van der Waals surface area contributed by atoms with Crippen molar-refractivity contribution in [3.8, 4) is 0 Å². The van der Waals surface area contributed by atoms with Gasteiger partial charge in [-0.05, 0) is 55.5 Å². The monoisotopic (exact) mass is 402 g/mol. The normalized spacial score (nSPS) is 11.1. The first kappa shape index (κ1) is 19.5. The van der Waals surface area contributed by atoms with Crippen LogP contribution < -0.4 is 10.0 Å². The molecule has 0 spiro atoms. The number of hydrogen-bond acceptors (Lipinski definition) is 3. The molecule has 0 bridgehead atoms. The first-order chi connectivity index (χ1) is 13.2. The number of rotatable bonds is 5. The predicted octanol–water partition coefficient (Wildman–Crippen LogP) is 4.33. The summed E-state index contributed by atoms with van der Waals surface area (Å²) in [4.78, 5) is 12.3. The third-order valence-electron chi connectivity index (χ3n) is 3.91. The lowest BCUT2D eigenvalue weighted by molar-refractivity contribution is 0.102. The molecule has 3 aromatic carbocycles. The molecule has 0 saturated carbocycles. The number of sulfonamides is 1. The third-order valence-corrected chi connectivity index (χ3v) is 5.31. The van der Waals surface area contributed by atoms with E-state index in [0.29, 0.717) is 0 Å². The fourth-order valence-corrected chi connectivity index (χ4v) is 3.46. The van der Waals surface area contributed by atoms with Crippen LogP contribution in [0.1, 0.15) is 15.9 Å². The lowest BCUT2D eigenvalue weighted by Gasteiger charge is -2.10. The number of carbonyl (C=O) groups excluding carboxylic acids is 1. The smallest absolute Gasteiger partial charge is 0.261 e. The minimum atomic E-state index is -3.75. The van der Waals surface area contributed by atoms with Crippen molar-refractivity contribution in [2.45, 2.75) is 11.8 Å². The summed E-state index contributed by atoms with van der Waals surface area (Å²) in [6.45, 7) is 1.86. The zero-order chi connectivity index (χ0) is 20.3. The molecule has 5 nitrogen and oxygen atoms in total. The minimum absolute atomic E-state index is 0.105. The van der Waals surface area contributed by atoms with Gasteiger partial charge in [-0.2, -0.15) is 0 Å². The summed E-state index contributed by atoms with van der Waals surface area (Å²) in [6.07, 6.45) is 0. The highest BCUT2D eigenvalue weighted by atomic mass is 32.2. The van der Waals surface area contributed by atoms with E-state index in [0.717, 1.165) is 17.7 Å². The molecule has 0 fully saturated rings. The summed E-state index contributed by atoms with van der Waals surface area (Å²) in [5.74, 6) is -2.62. The van der Waals surface area contributed by atoms with Gasteiger partial charge in [0.15, 0.2) is 11.6 Å². The van der Waals surface area contributed by atoms with Gasteiger partial charge in [0.2, 0.25) is 0 Å². The Bertz CT molecular complexity index is 1110. The molecule has 144 valence electrons. The Morgan fingerprint density at radius 1 is 0.821 bits per heavy atom. The van der Waals surface area contributed by atoms with Gasteiger partial charge in [0, 0.05) is 23.0 Å². The van der Waals surface area contributed by atoms with Gasteiger partial charge in [-0.1, -0.05) is 17.7 Å². The number of aryl methyl sites for hydroxylation is 1. The number of amides is 1. The average Bonchev–Trinajstić information content (AvgIpc) is 2.65. The second kappa shape index (κ2) is 7.77. The number of anilines is 2. The molecule has 3 rings (SSSR count). The molecule has 0 aliphatic rings. The van der Waals surface area contributed by atoms with Crippen LogP contribution in [0.4, 0.5) is 20.2 Å². The maximum atomic E-state index is 13.2. The van der Waals surface area contributed by atoms with E-state index in [9.17, 15) is 22.0 Å². The summed E-state index contributed by atoms with van der Waals surface area (Å²) in [6, 6.07) is 15.1. The summed E-state index contributed by atoms with van der Waals surface area (Å²) >= 11 is 0. The van der Waals surface area contributed by atoms with Crippen LogP contribution in [-0.2, 0) is 10.0 Å². The van der Waals surface area contributed by atoms with Crippen LogP contribution in [0.5, 0.6) is 0 Å². The lowest BCUT2D eigenvalue weighted by Crippen LogP contribution is -2.14. The predicted molar refractivity (Wildman–Crippen MR) is 103 cm³/mol. The molecule has 0 atom stereocenters. The molecular formula is C20H16F2N2O3S. The average molecular weight is 402 g/mol. The van der Waals surface area contributed by atoms with Gasteiger partial charge in [0.05, 0.1) is 4.90 Å². The van der Waals surface area contributed by atoms with E-state index in [4.69, 9.17) is 0 Å². The van der Waals surface area contributed by atoms with Gasteiger partial charge in [-0.3, -0.25) is 9.52 Å². The van der Waals surface area contributed by atoms with E-state index in [1.165, 1.54) is 42.5 Å². The van der Waals surface area contributed by atoms with E-state index in [1.54, 1.807) is 12.1 Å². The van der Waals surface area contributed by atoms with Gasteiger partial charge in [-0.15, -0.1) is 0 Å². The quantitative estimate of drug-likeness (QED) is 0.667. The number of nitrogens with one attached hydrogen (secondary N) is 2. The molecule has 3 aromatic rings. The van der Waals surface area contributed by atoms with Gasteiger partial charge in [-0.25, -0.2) is 17.2 Å². The van der Waals surface area contributed by atoms with Gasteiger partial charge < -0.3 is 5.32 Å². The van der Waals surface area contributed by atoms with Gasteiger partial charge in [0.1, 0.15) is 0 Å². The Balaban J connectivity index is 1.71. The molecule has 0 saturated heterocycles. The standard InChI is InChI=1S/C20H16F2N2O3S/c1-13-2-9-17(10-3-13)28(26,27)24-15-6-4-14(5-7-15)20(25)23-16-8-11-18(21)19(22)12-16/h2-12,24H,1H3,(H,23,25). The van der Waals surface area contributed by atoms with Gasteiger partial charge >= 0.3 is 0 Å². The molecule has 28 heavy (non-hydrogen) atoms. The molecule has 8 heteroatoms. The molecule has 2 N–H and O–H groups in total. The Morgan fingerprint density at radius 3 is 2.04 bits per heavy atom. The number of benzene rings is 3. The Kier molecular flexibility index (Phi) is 5.41. The third kappa shape index (κ3) is 4.52. The van der Waals surface area contributed by atoms with Crippen LogP contribution in [0.25, 0.3) is 0 Å². The van der Waals surface area contributed by atoms with Crippen molar-refractivity contribution in [3.63, 3.8) is 0 Å². The summed E-state index contributed by atoms with van der Waals surface area (Å²) in [5, 5.41) is 2.44. The fourth-order valence-electron chi connectivity index (χ4n) is 2.40. The Morgan fingerprint density at radius 2 is 1.43 bits per heavy atom. The number of halogens is 2. The molecule has 0 radical (unpaired) electrons. The Labute approximate surface area is 161 Å². The molecule has 0 aromatic heterocycles. The van der Waals surface area contributed by atoms with Crippen molar-refractivity contribution >= 4 is 27.3 Å². The maximum absolute atomic E-state index is 13.2. The van der Waals surface area contributed by atoms with Crippen molar-refractivity contribution in [1.29, 1.82) is 0 Å². The van der Waals surface area contributed by atoms with Crippen LogP contribution >= 0.6 is 0 Å². The fraction of sp³-hybridized carbons (Fsp3) is 0.0500. The minimum Gasteiger partial charge on any atom is -0.322 e. The van der Waals surface area contributed by atoms with E-state index >= 15 is 0 Å². The highest BCUT2D eigenvalue weighted by molar-refractivity contribution is 7.92. The van der Waals surface area contributed by atoms with Crippen molar-refractivity contribution in [3.05, 3.63) is 89.5 Å². The molecule has 0 heterocycles. The zero-order valence-corrected chi connectivity index (χ0v) is 15.6. The van der Waals surface area contributed by atoms with Crippen LogP contribution in [0, 0.1) is 18.6 Å². The number of carbonyl (C=O) groups is 1. The summed E-state index contributed by atoms with van der Waals surface area (Å²) in [7, 11) is -3.75. The van der Waals surface area contributed by atoms with E-state index < -0.39 is 27.6 Å². The number of hydrogen-bond donors (Lipinski definition) is 2. The van der Waals surface area contributed by atoms with Crippen LogP contribution in [0.2, 0.25) is 0 Å². The summed E-state index contributed by atoms with van der Waals surface area (Å²) < 4.78 is 53.3. The molecule has 0 aliphatic carbocycles. The SMILES string of the molecule is Cc1ccc(S(=O)(=O)Nc2ccc(C(=O)Nc3ccc(F)c(F)c3)cc2)cc1. The topological polar surface area (TPSA) is 75.3 Å². The second-order valence-electron chi connectivity index (χ2n) is 6.08. The van der Waals surface area contributed by atoms with Crippen LogP contribution in [0.15, 0.2) is 71.6 Å². The molecule has 0 unspecified atom stereocenters. The second-order valence-corrected chi connectivity index (χ2v) is 7.76. The molecule has 1 amide bonds. The first-order valence-corrected chi connectivity index (χ1v) is 9.69. The maximum Gasteiger partial charge on any atom is 0.261 e. The van der Waals surface area contributed by atoms with E-state index in [-0.39, 0.29) is 21.8 Å². The van der Waals surface area contributed by atoms with E-state index in [1.807, 2.05) is 6.92 Å². The molecule has 0 aliphatic heterocycles.